The number of carboxylic acids is 1. The van der Waals surface area contributed by atoms with Crippen LogP contribution >= 0.6 is 0 Å². The highest BCUT2D eigenvalue weighted by atomic mass is 32.2. The van der Waals surface area contributed by atoms with Crippen LogP contribution in [-0.4, -0.2) is 37.0 Å². The number of hydrogen-bond donors (Lipinski definition) is 2. The molecule has 1 aromatic heterocycles. The Morgan fingerprint density at radius 3 is 2.83 bits per heavy atom. The fourth-order valence-electron chi connectivity index (χ4n) is 2.04. The van der Waals surface area contributed by atoms with E-state index < -0.39 is 15.8 Å². The zero-order valence-electron chi connectivity index (χ0n) is 9.97. The lowest BCUT2D eigenvalue weighted by Crippen LogP contribution is -2.29. The maximum absolute atomic E-state index is 11.3. The molecule has 0 aromatic carbocycles. The normalized spacial score (nSPS) is 22.2. The van der Waals surface area contributed by atoms with Crippen LogP contribution in [0.4, 0.5) is 0 Å². The predicted octanol–water partition coefficient (Wildman–Crippen LogP) is 0.563. The van der Waals surface area contributed by atoms with Gasteiger partial charge in [0.25, 0.3) is 0 Å². The van der Waals surface area contributed by atoms with Gasteiger partial charge < -0.3 is 14.8 Å². The van der Waals surface area contributed by atoms with Crippen LogP contribution in [0.15, 0.2) is 10.5 Å². The standard InChI is InChI=1S/C11H15NO5S/c1-7-10(11(13)14)4-9(17-7)5-12-8-2-3-18(15,16)6-8/h4,8,12H,2-3,5-6H2,1H3,(H,13,14). The minimum atomic E-state index is -2.90. The summed E-state index contributed by atoms with van der Waals surface area (Å²) in [6, 6.07) is 1.39. The van der Waals surface area contributed by atoms with Crippen LogP contribution < -0.4 is 5.32 Å². The molecular weight excluding hydrogens is 258 g/mol. The van der Waals surface area contributed by atoms with Crippen LogP contribution in [0.5, 0.6) is 0 Å². The van der Waals surface area contributed by atoms with E-state index >= 15 is 0 Å². The van der Waals surface area contributed by atoms with Crippen LogP contribution in [0.1, 0.15) is 28.3 Å². The lowest BCUT2D eigenvalue weighted by molar-refractivity contribution is 0.0695. The average Bonchev–Trinajstić information content (AvgIpc) is 2.79. The third-order valence-electron chi connectivity index (χ3n) is 3.00. The second-order valence-corrected chi connectivity index (χ2v) is 6.70. The monoisotopic (exact) mass is 273 g/mol. The number of carboxylic acid groups (broad SMARTS) is 1. The number of nitrogens with one attached hydrogen (secondary N) is 1. The quantitative estimate of drug-likeness (QED) is 0.832. The second kappa shape index (κ2) is 4.74. The summed E-state index contributed by atoms with van der Waals surface area (Å²) in [6.45, 7) is 1.93. The first-order chi connectivity index (χ1) is 8.37. The third kappa shape index (κ3) is 2.91. The van der Waals surface area contributed by atoms with Gasteiger partial charge in [-0.15, -0.1) is 0 Å². The van der Waals surface area contributed by atoms with Crippen molar-refractivity contribution in [3.8, 4) is 0 Å². The number of furan rings is 1. The molecule has 1 unspecified atom stereocenters. The highest BCUT2D eigenvalue weighted by Crippen LogP contribution is 2.16. The van der Waals surface area contributed by atoms with E-state index in [1.54, 1.807) is 6.92 Å². The summed E-state index contributed by atoms with van der Waals surface area (Å²) >= 11 is 0. The molecule has 18 heavy (non-hydrogen) atoms. The molecule has 7 heteroatoms. The van der Waals surface area contributed by atoms with E-state index in [-0.39, 0.29) is 23.1 Å². The maximum atomic E-state index is 11.3. The van der Waals surface area contributed by atoms with Gasteiger partial charge in [0.2, 0.25) is 0 Å². The number of carbonyl (C=O) groups is 1. The zero-order chi connectivity index (χ0) is 13.3. The molecule has 0 radical (unpaired) electrons. The Morgan fingerprint density at radius 2 is 2.33 bits per heavy atom. The second-order valence-electron chi connectivity index (χ2n) is 4.47. The molecular formula is C11H15NO5S. The van der Waals surface area contributed by atoms with Gasteiger partial charge in [0.1, 0.15) is 17.1 Å². The van der Waals surface area contributed by atoms with Crippen molar-refractivity contribution < 1.29 is 22.7 Å². The van der Waals surface area contributed by atoms with Gasteiger partial charge in [0.15, 0.2) is 9.84 Å². The molecule has 1 aliphatic rings. The molecule has 1 aliphatic heterocycles. The van der Waals surface area contributed by atoms with Crippen molar-refractivity contribution in [1.82, 2.24) is 5.32 Å². The lowest BCUT2D eigenvalue weighted by Gasteiger charge is -2.08. The summed E-state index contributed by atoms with van der Waals surface area (Å²) in [5, 5.41) is 11.9. The molecule has 2 heterocycles. The van der Waals surface area contributed by atoms with Crippen molar-refractivity contribution in [2.24, 2.45) is 0 Å². The molecule has 0 amide bonds. The van der Waals surface area contributed by atoms with Crippen molar-refractivity contribution >= 4 is 15.8 Å². The molecule has 2 rings (SSSR count). The van der Waals surface area contributed by atoms with E-state index in [9.17, 15) is 13.2 Å². The van der Waals surface area contributed by atoms with Crippen LogP contribution in [0, 0.1) is 6.92 Å². The Kier molecular flexibility index (Phi) is 3.45. The molecule has 1 aromatic rings. The largest absolute Gasteiger partial charge is 0.478 e. The first kappa shape index (κ1) is 13.1. The van der Waals surface area contributed by atoms with Gasteiger partial charge in [0.05, 0.1) is 18.1 Å². The highest BCUT2D eigenvalue weighted by Gasteiger charge is 2.27. The van der Waals surface area contributed by atoms with E-state index in [0.29, 0.717) is 24.5 Å². The topological polar surface area (TPSA) is 96.6 Å². The van der Waals surface area contributed by atoms with Crippen molar-refractivity contribution in [3.05, 3.63) is 23.2 Å². The number of hydrogen-bond acceptors (Lipinski definition) is 5. The van der Waals surface area contributed by atoms with Gasteiger partial charge in [-0.05, 0) is 19.4 Å². The van der Waals surface area contributed by atoms with Crippen molar-refractivity contribution in [3.63, 3.8) is 0 Å². The Bertz CT molecular complexity index is 560. The number of aryl methyl sites for hydroxylation is 1. The Hall–Kier alpha value is -1.34. The van der Waals surface area contributed by atoms with Crippen LogP contribution in [-0.2, 0) is 16.4 Å². The van der Waals surface area contributed by atoms with Gasteiger partial charge in [-0.25, -0.2) is 13.2 Å². The van der Waals surface area contributed by atoms with Crippen molar-refractivity contribution in [2.75, 3.05) is 11.5 Å². The third-order valence-corrected chi connectivity index (χ3v) is 4.76. The van der Waals surface area contributed by atoms with Crippen molar-refractivity contribution in [1.29, 1.82) is 0 Å². The summed E-state index contributed by atoms with van der Waals surface area (Å²) in [7, 11) is -2.90. The fourth-order valence-corrected chi connectivity index (χ4v) is 3.75. The number of aromatic carboxylic acids is 1. The molecule has 2 N–H and O–H groups in total. The molecule has 100 valence electrons. The summed E-state index contributed by atoms with van der Waals surface area (Å²) in [6.07, 6.45) is 0.591. The van der Waals surface area contributed by atoms with E-state index in [4.69, 9.17) is 9.52 Å². The van der Waals surface area contributed by atoms with Gasteiger partial charge in [-0.3, -0.25) is 0 Å². The molecule has 0 saturated carbocycles. The molecule has 1 atom stereocenters. The van der Waals surface area contributed by atoms with Gasteiger partial charge >= 0.3 is 5.97 Å². The average molecular weight is 273 g/mol. The zero-order valence-corrected chi connectivity index (χ0v) is 10.8. The van der Waals surface area contributed by atoms with E-state index in [0.717, 1.165) is 0 Å². The lowest BCUT2D eigenvalue weighted by atomic mass is 10.2. The molecule has 0 aliphatic carbocycles. The fraction of sp³-hybridized carbons (Fsp3) is 0.545. The first-order valence-electron chi connectivity index (χ1n) is 5.64. The minimum Gasteiger partial charge on any atom is -0.478 e. The highest BCUT2D eigenvalue weighted by molar-refractivity contribution is 7.91. The summed E-state index contributed by atoms with van der Waals surface area (Å²) in [5.74, 6) is 0.194. The predicted molar refractivity (Wildman–Crippen MR) is 64.3 cm³/mol. The molecule has 0 spiro atoms. The smallest absolute Gasteiger partial charge is 0.339 e. The minimum absolute atomic E-state index is 0.0753. The molecule has 1 saturated heterocycles. The van der Waals surface area contributed by atoms with Crippen molar-refractivity contribution in [2.45, 2.75) is 25.9 Å². The molecule has 0 bridgehead atoms. The number of sulfone groups is 1. The van der Waals surface area contributed by atoms with E-state index in [1.807, 2.05) is 0 Å². The SMILES string of the molecule is Cc1oc(CNC2CCS(=O)(=O)C2)cc1C(=O)O. The Morgan fingerprint density at radius 1 is 1.61 bits per heavy atom. The number of rotatable bonds is 4. The van der Waals surface area contributed by atoms with Crippen LogP contribution in [0.2, 0.25) is 0 Å². The van der Waals surface area contributed by atoms with Crippen LogP contribution in [0.3, 0.4) is 0 Å². The van der Waals surface area contributed by atoms with Gasteiger partial charge in [-0.2, -0.15) is 0 Å². The summed E-state index contributed by atoms with van der Waals surface area (Å²) in [4.78, 5) is 10.8. The van der Waals surface area contributed by atoms with E-state index in [2.05, 4.69) is 5.32 Å². The maximum Gasteiger partial charge on any atom is 0.339 e. The summed E-state index contributed by atoms with van der Waals surface area (Å²) in [5.41, 5.74) is 0.144. The van der Waals surface area contributed by atoms with Crippen LogP contribution in [0.25, 0.3) is 0 Å². The molecule has 1 fully saturated rings. The summed E-state index contributed by atoms with van der Waals surface area (Å²) < 4.78 is 27.8. The van der Waals surface area contributed by atoms with Gasteiger partial charge in [0, 0.05) is 6.04 Å². The Balaban J connectivity index is 1.95. The molecule has 6 nitrogen and oxygen atoms in total. The van der Waals surface area contributed by atoms with Gasteiger partial charge in [-0.1, -0.05) is 0 Å². The first-order valence-corrected chi connectivity index (χ1v) is 7.46. The van der Waals surface area contributed by atoms with E-state index in [1.165, 1.54) is 6.07 Å². The Labute approximate surface area is 105 Å².